The maximum Gasteiger partial charge on any atom is 0.387 e. The minimum Gasteiger partial charge on any atom is -0.434 e. The zero-order chi connectivity index (χ0) is 20.2. The van der Waals surface area contributed by atoms with Crippen LogP contribution in [-0.4, -0.2) is 29.3 Å². The molecule has 3 aromatic rings. The lowest BCUT2D eigenvalue weighted by molar-refractivity contribution is -0.125. The largest absolute Gasteiger partial charge is 0.434 e. The van der Waals surface area contributed by atoms with Crippen LogP contribution in [0.5, 0.6) is 5.75 Å². The van der Waals surface area contributed by atoms with Crippen LogP contribution in [0.15, 0.2) is 65.1 Å². The second kappa shape index (κ2) is 8.36. The van der Waals surface area contributed by atoms with Crippen LogP contribution in [0, 0.1) is 0 Å². The molecule has 4 rings (SSSR count). The number of nitrogens with zero attached hydrogens (tertiary/aromatic N) is 2. The molecule has 0 saturated carbocycles. The monoisotopic (exact) mass is 415 g/mol. The quantitative estimate of drug-likeness (QED) is 0.641. The molecular weight excluding hydrogens is 400 g/mol. The third-order valence-corrected chi connectivity index (χ3v) is 4.94. The number of carbonyl (C=O) groups is 1. The number of hydrogen-bond donors (Lipinski definition) is 1. The number of rotatable bonds is 6. The number of hydrogen-bond acceptors (Lipinski definition) is 6. The van der Waals surface area contributed by atoms with E-state index in [0.717, 1.165) is 5.56 Å². The molecule has 1 aliphatic heterocycles. The molecule has 1 atom stereocenters. The average Bonchev–Trinajstić information content (AvgIpc) is 3.38. The number of oxime groups is 1. The number of ether oxygens (including phenoxy) is 1. The zero-order valence-corrected chi connectivity index (χ0v) is 15.7. The summed E-state index contributed by atoms with van der Waals surface area (Å²) in [6.45, 7) is -2.94. The summed E-state index contributed by atoms with van der Waals surface area (Å²) in [7, 11) is 0. The van der Waals surface area contributed by atoms with Gasteiger partial charge in [0.05, 0.1) is 11.4 Å². The van der Waals surface area contributed by atoms with E-state index in [9.17, 15) is 13.6 Å². The van der Waals surface area contributed by atoms with Crippen LogP contribution in [0.1, 0.15) is 12.0 Å². The van der Waals surface area contributed by atoms with Crippen LogP contribution < -0.4 is 10.1 Å². The highest BCUT2D eigenvalue weighted by Gasteiger charge is 2.29. The van der Waals surface area contributed by atoms with Crippen molar-refractivity contribution in [3.8, 4) is 17.0 Å². The van der Waals surface area contributed by atoms with E-state index in [-0.39, 0.29) is 11.7 Å². The van der Waals surface area contributed by atoms with Gasteiger partial charge in [0, 0.05) is 17.4 Å². The SMILES string of the molecule is O=C(Nc1nc(-c2ccccc2OC(F)F)cs1)C1CC(c2ccccc2)=NO1. The van der Waals surface area contributed by atoms with Crippen molar-refractivity contribution in [2.45, 2.75) is 19.1 Å². The van der Waals surface area contributed by atoms with Crippen LogP contribution in [-0.2, 0) is 9.63 Å². The summed E-state index contributed by atoms with van der Waals surface area (Å²) in [4.78, 5) is 22.0. The zero-order valence-electron chi connectivity index (χ0n) is 14.9. The molecule has 1 aromatic heterocycles. The first-order valence-corrected chi connectivity index (χ1v) is 9.57. The fourth-order valence-corrected chi connectivity index (χ4v) is 3.55. The van der Waals surface area contributed by atoms with E-state index in [1.165, 1.54) is 17.4 Å². The lowest BCUT2D eigenvalue weighted by atomic mass is 10.1. The molecule has 0 radical (unpaired) electrons. The molecule has 1 aliphatic rings. The topological polar surface area (TPSA) is 72.8 Å². The molecule has 1 amide bonds. The van der Waals surface area contributed by atoms with Crippen LogP contribution in [0.4, 0.5) is 13.9 Å². The Labute approximate surface area is 168 Å². The molecule has 0 saturated heterocycles. The van der Waals surface area contributed by atoms with E-state index >= 15 is 0 Å². The maximum atomic E-state index is 12.6. The van der Waals surface area contributed by atoms with Crippen molar-refractivity contribution < 1.29 is 23.1 Å². The number of aromatic nitrogens is 1. The molecule has 2 heterocycles. The predicted molar refractivity (Wildman–Crippen MR) is 105 cm³/mol. The highest BCUT2D eigenvalue weighted by atomic mass is 32.1. The number of para-hydroxylation sites is 1. The van der Waals surface area contributed by atoms with Crippen LogP contribution in [0.2, 0.25) is 0 Å². The number of thiazole rings is 1. The molecule has 29 heavy (non-hydrogen) atoms. The summed E-state index contributed by atoms with van der Waals surface area (Å²) in [6.07, 6.45) is -0.411. The second-order valence-electron chi connectivity index (χ2n) is 6.10. The van der Waals surface area contributed by atoms with Crippen LogP contribution in [0.3, 0.4) is 0 Å². The highest BCUT2D eigenvalue weighted by molar-refractivity contribution is 7.14. The molecule has 148 valence electrons. The highest BCUT2D eigenvalue weighted by Crippen LogP contribution is 2.33. The van der Waals surface area contributed by atoms with Gasteiger partial charge in [0.1, 0.15) is 5.75 Å². The molecule has 0 spiro atoms. The summed E-state index contributed by atoms with van der Waals surface area (Å²) >= 11 is 1.18. The fraction of sp³-hybridized carbons (Fsp3) is 0.150. The fourth-order valence-electron chi connectivity index (χ4n) is 2.84. The molecule has 6 nitrogen and oxygen atoms in total. The molecule has 0 aliphatic carbocycles. The van der Waals surface area contributed by atoms with Crippen molar-refractivity contribution in [1.82, 2.24) is 4.98 Å². The number of benzene rings is 2. The summed E-state index contributed by atoms with van der Waals surface area (Å²) < 4.78 is 29.7. The first-order valence-electron chi connectivity index (χ1n) is 8.69. The number of carbonyl (C=O) groups excluding carboxylic acids is 1. The summed E-state index contributed by atoms with van der Waals surface area (Å²) in [5.41, 5.74) is 2.44. The first kappa shape index (κ1) is 19.0. The standard InChI is InChI=1S/C20H15F2N3O3S/c21-19(22)27-16-9-5-4-8-13(16)15-11-29-20(23-15)24-18(26)17-10-14(25-28-17)12-6-2-1-3-7-12/h1-9,11,17,19H,10H2,(H,23,24,26). The molecular formula is C20H15F2N3O3S. The number of alkyl halides is 2. The normalized spacial score (nSPS) is 15.7. The van der Waals surface area contributed by atoms with Crippen LogP contribution in [0.25, 0.3) is 11.3 Å². The van der Waals surface area contributed by atoms with Gasteiger partial charge in [0.25, 0.3) is 5.91 Å². The van der Waals surface area contributed by atoms with E-state index in [2.05, 4.69) is 20.2 Å². The van der Waals surface area contributed by atoms with Crippen molar-refractivity contribution in [3.05, 3.63) is 65.5 Å². The van der Waals surface area contributed by atoms with Crippen molar-refractivity contribution in [1.29, 1.82) is 0 Å². The van der Waals surface area contributed by atoms with Gasteiger partial charge in [-0.3, -0.25) is 10.1 Å². The Morgan fingerprint density at radius 1 is 1.17 bits per heavy atom. The number of nitrogens with one attached hydrogen (secondary N) is 1. The molecule has 9 heteroatoms. The van der Waals surface area contributed by atoms with Crippen molar-refractivity contribution in [2.75, 3.05) is 5.32 Å². The Kier molecular flexibility index (Phi) is 5.48. The van der Waals surface area contributed by atoms with Gasteiger partial charge in [0.15, 0.2) is 5.13 Å². The van der Waals surface area contributed by atoms with Crippen molar-refractivity contribution >= 4 is 28.1 Å². The lowest BCUT2D eigenvalue weighted by Gasteiger charge is -2.09. The van der Waals surface area contributed by atoms with Gasteiger partial charge < -0.3 is 9.57 Å². The summed E-state index contributed by atoms with van der Waals surface area (Å²) in [5.74, 6) is -0.358. The smallest absolute Gasteiger partial charge is 0.387 e. The van der Waals surface area contributed by atoms with Gasteiger partial charge in [-0.05, 0) is 17.7 Å². The van der Waals surface area contributed by atoms with E-state index in [4.69, 9.17) is 4.84 Å². The van der Waals surface area contributed by atoms with Gasteiger partial charge in [-0.1, -0.05) is 47.6 Å². The van der Waals surface area contributed by atoms with Crippen LogP contribution >= 0.6 is 11.3 Å². The third kappa shape index (κ3) is 4.40. The van der Waals surface area contributed by atoms with Crippen molar-refractivity contribution in [3.63, 3.8) is 0 Å². The molecule has 1 unspecified atom stereocenters. The number of amides is 1. The van der Waals surface area contributed by atoms with Crippen molar-refractivity contribution in [2.24, 2.45) is 5.16 Å². The minimum atomic E-state index is -2.94. The predicted octanol–water partition coefficient (Wildman–Crippen LogP) is 4.54. The van der Waals surface area contributed by atoms with E-state index < -0.39 is 12.7 Å². The Bertz CT molecular complexity index is 1040. The number of anilines is 1. The summed E-state index contributed by atoms with van der Waals surface area (Å²) in [5, 5.41) is 8.67. The second-order valence-corrected chi connectivity index (χ2v) is 6.96. The Morgan fingerprint density at radius 3 is 2.72 bits per heavy atom. The maximum absolute atomic E-state index is 12.6. The average molecular weight is 415 g/mol. The van der Waals surface area contributed by atoms with Gasteiger partial charge >= 0.3 is 6.61 Å². The molecule has 2 aromatic carbocycles. The minimum absolute atomic E-state index is 0.0192. The lowest BCUT2D eigenvalue weighted by Crippen LogP contribution is -2.28. The van der Waals surface area contributed by atoms with Gasteiger partial charge in [-0.2, -0.15) is 8.78 Å². The van der Waals surface area contributed by atoms with Gasteiger partial charge in [-0.25, -0.2) is 4.98 Å². The Morgan fingerprint density at radius 2 is 1.93 bits per heavy atom. The van der Waals surface area contributed by atoms with E-state index in [0.29, 0.717) is 28.5 Å². The Balaban J connectivity index is 1.42. The Hall–Kier alpha value is -3.33. The molecule has 0 bridgehead atoms. The summed E-state index contributed by atoms with van der Waals surface area (Å²) in [6, 6.07) is 15.8. The molecule has 0 fully saturated rings. The van der Waals surface area contributed by atoms with E-state index in [1.807, 2.05) is 30.3 Å². The number of halogens is 2. The molecule has 1 N–H and O–H groups in total. The van der Waals surface area contributed by atoms with Gasteiger partial charge in [-0.15, -0.1) is 11.3 Å². The van der Waals surface area contributed by atoms with E-state index in [1.54, 1.807) is 23.6 Å². The third-order valence-electron chi connectivity index (χ3n) is 4.18. The van der Waals surface area contributed by atoms with Gasteiger partial charge in [0.2, 0.25) is 6.10 Å². The first-order chi connectivity index (χ1) is 14.1.